The first-order chi connectivity index (χ1) is 13.4. The van der Waals surface area contributed by atoms with Crippen LogP contribution in [0.1, 0.15) is 29.6 Å². The molecule has 2 aromatic carbocycles. The molecule has 2 amide bonds. The van der Waals surface area contributed by atoms with Crippen LogP contribution in [0.3, 0.4) is 0 Å². The van der Waals surface area contributed by atoms with Gasteiger partial charge in [0.1, 0.15) is 5.82 Å². The number of benzene rings is 2. The van der Waals surface area contributed by atoms with E-state index in [0.29, 0.717) is 21.3 Å². The summed E-state index contributed by atoms with van der Waals surface area (Å²) in [6.07, 6.45) is 3.15. The van der Waals surface area contributed by atoms with Crippen molar-refractivity contribution in [2.75, 3.05) is 30.3 Å². The van der Waals surface area contributed by atoms with Crippen molar-refractivity contribution in [3.05, 3.63) is 57.8 Å². The molecule has 3 rings (SSSR count). The van der Waals surface area contributed by atoms with Crippen LogP contribution in [0.2, 0.25) is 10.0 Å². The first kappa shape index (κ1) is 20.4. The molecule has 0 spiro atoms. The zero-order chi connectivity index (χ0) is 20.1. The van der Waals surface area contributed by atoms with Crippen LogP contribution in [-0.2, 0) is 4.79 Å². The fourth-order valence-electron chi connectivity index (χ4n) is 3.04. The monoisotopic (exact) mass is 423 g/mol. The van der Waals surface area contributed by atoms with Crippen LogP contribution in [0.15, 0.2) is 36.4 Å². The molecule has 5 nitrogen and oxygen atoms in total. The fraction of sp³-hybridized carbons (Fsp3) is 0.300. The van der Waals surface area contributed by atoms with Gasteiger partial charge >= 0.3 is 0 Å². The lowest BCUT2D eigenvalue weighted by Crippen LogP contribution is -2.35. The van der Waals surface area contributed by atoms with Crippen LogP contribution in [0, 0.1) is 5.82 Å². The lowest BCUT2D eigenvalue weighted by Gasteiger charge is -2.27. The third kappa shape index (κ3) is 5.14. The lowest BCUT2D eigenvalue weighted by molar-refractivity contribution is -0.114. The Hall–Kier alpha value is -2.31. The predicted octanol–water partition coefficient (Wildman–Crippen LogP) is 4.81. The van der Waals surface area contributed by atoms with Crippen molar-refractivity contribution in [2.24, 2.45) is 0 Å². The van der Waals surface area contributed by atoms with Gasteiger partial charge < -0.3 is 15.5 Å². The number of piperidine rings is 1. The van der Waals surface area contributed by atoms with Gasteiger partial charge in [-0.1, -0.05) is 23.2 Å². The molecule has 8 heteroatoms. The highest BCUT2D eigenvalue weighted by Crippen LogP contribution is 2.25. The van der Waals surface area contributed by atoms with E-state index >= 15 is 0 Å². The van der Waals surface area contributed by atoms with Crippen LogP contribution in [0.25, 0.3) is 0 Å². The first-order valence-electron chi connectivity index (χ1n) is 9.01. The summed E-state index contributed by atoms with van der Waals surface area (Å²) in [5, 5.41) is 6.05. The number of hydrogen-bond donors (Lipinski definition) is 2. The summed E-state index contributed by atoms with van der Waals surface area (Å²) in [5.74, 6) is -1.10. The van der Waals surface area contributed by atoms with Crippen LogP contribution in [-0.4, -0.2) is 36.3 Å². The van der Waals surface area contributed by atoms with E-state index in [9.17, 15) is 14.0 Å². The molecule has 1 fully saturated rings. The molecular formula is C20H20Cl2FN3O2. The number of rotatable bonds is 5. The van der Waals surface area contributed by atoms with Gasteiger partial charge in [-0.05, 0) is 55.7 Å². The minimum atomic E-state index is -0.579. The maximum Gasteiger partial charge on any atom is 0.253 e. The van der Waals surface area contributed by atoms with E-state index in [2.05, 4.69) is 10.6 Å². The van der Waals surface area contributed by atoms with Crippen molar-refractivity contribution in [1.82, 2.24) is 4.90 Å². The fourth-order valence-corrected chi connectivity index (χ4v) is 3.39. The predicted molar refractivity (Wildman–Crippen MR) is 110 cm³/mol. The Morgan fingerprint density at radius 2 is 1.75 bits per heavy atom. The Balaban J connectivity index is 1.64. The maximum atomic E-state index is 13.7. The molecule has 0 unspecified atom stereocenters. The van der Waals surface area contributed by atoms with Crippen molar-refractivity contribution in [2.45, 2.75) is 19.3 Å². The summed E-state index contributed by atoms with van der Waals surface area (Å²) < 4.78 is 13.7. The second-order valence-electron chi connectivity index (χ2n) is 6.57. The van der Waals surface area contributed by atoms with Gasteiger partial charge in [-0.3, -0.25) is 9.59 Å². The third-order valence-electron chi connectivity index (χ3n) is 4.50. The third-order valence-corrected chi connectivity index (χ3v) is 5.06. The number of halogens is 3. The molecule has 2 aromatic rings. The molecule has 1 saturated heterocycles. The van der Waals surface area contributed by atoms with Crippen LogP contribution < -0.4 is 10.6 Å². The number of carbonyl (C=O) groups excluding carboxylic acids is 2. The van der Waals surface area contributed by atoms with E-state index in [1.807, 2.05) is 4.90 Å². The van der Waals surface area contributed by atoms with Gasteiger partial charge in [0.05, 0.1) is 22.9 Å². The minimum absolute atomic E-state index is 0.000533. The molecule has 0 aliphatic carbocycles. The van der Waals surface area contributed by atoms with Gasteiger partial charge in [0.2, 0.25) is 5.91 Å². The lowest BCUT2D eigenvalue weighted by atomic mass is 10.1. The summed E-state index contributed by atoms with van der Waals surface area (Å²) in [5.41, 5.74) is 0.973. The molecule has 0 saturated carbocycles. The van der Waals surface area contributed by atoms with E-state index in [0.717, 1.165) is 32.4 Å². The number of nitrogens with one attached hydrogen (secondary N) is 2. The molecule has 2 N–H and O–H groups in total. The number of likely N-dealkylation sites (tertiary alicyclic amines) is 1. The largest absolute Gasteiger partial charge is 0.375 e. The van der Waals surface area contributed by atoms with Crippen molar-refractivity contribution in [1.29, 1.82) is 0 Å². The van der Waals surface area contributed by atoms with Gasteiger partial charge in [-0.15, -0.1) is 0 Å². The highest BCUT2D eigenvalue weighted by Gasteiger charge is 2.19. The summed E-state index contributed by atoms with van der Waals surface area (Å²) in [6, 6.07) is 8.83. The normalized spacial score (nSPS) is 13.9. The van der Waals surface area contributed by atoms with E-state index in [1.54, 1.807) is 18.2 Å². The zero-order valence-electron chi connectivity index (χ0n) is 15.1. The number of amides is 2. The summed E-state index contributed by atoms with van der Waals surface area (Å²) in [4.78, 5) is 26.6. The molecule has 1 heterocycles. The van der Waals surface area contributed by atoms with E-state index in [-0.39, 0.29) is 18.1 Å². The maximum absolute atomic E-state index is 13.7. The molecule has 0 atom stereocenters. The average Bonchev–Trinajstić information content (AvgIpc) is 2.70. The van der Waals surface area contributed by atoms with Gasteiger partial charge in [0, 0.05) is 23.7 Å². The Kier molecular flexibility index (Phi) is 6.75. The summed E-state index contributed by atoms with van der Waals surface area (Å²) in [7, 11) is 0. The van der Waals surface area contributed by atoms with Crippen LogP contribution >= 0.6 is 23.2 Å². The SMILES string of the molecule is O=C(CNc1cc(C(=O)N2CCCCC2)ccc1Cl)Nc1cc(Cl)ccc1F. The summed E-state index contributed by atoms with van der Waals surface area (Å²) >= 11 is 12.0. The number of hydrogen-bond acceptors (Lipinski definition) is 3. The van der Waals surface area contributed by atoms with E-state index in [1.165, 1.54) is 18.2 Å². The second kappa shape index (κ2) is 9.26. The molecule has 0 bridgehead atoms. The highest BCUT2D eigenvalue weighted by molar-refractivity contribution is 6.33. The average molecular weight is 424 g/mol. The Labute approximate surface area is 172 Å². The van der Waals surface area contributed by atoms with Crippen molar-refractivity contribution >= 4 is 46.4 Å². The smallest absolute Gasteiger partial charge is 0.253 e. The molecule has 1 aliphatic rings. The number of anilines is 2. The molecule has 28 heavy (non-hydrogen) atoms. The molecule has 0 aromatic heterocycles. The molecule has 148 valence electrons. The van der Waals surface area contributed by atoms with Crippen molar-refractivity contribution < 1.29 is 14.0 Å². The topological polar surface area (TPSA) is 61.4 Å². The molecular weight excluding hydrogens is 404 g/mol. The van der Waals surface area contributed by atoms with Gasteiger partial charge in [-0.25, -0.2) is 4.39 Å². The Bertz CT molecular complexity index is 886. The van der Waals surface area contributed by atoms with Gasteiger partial charge in [0.25, 0.3) is 5.91 Å². The van der Waals surface area contributed by atoms with Gasteiger partial charge in [0.15, 0.2) is 0 Å². The van der Waals surface area contributed by atoms with E-state index < -0.39 is 11.7 Å². The summed E-state index contributed by atoms with van der Waals surface area (Å²) in [6.45, 7) is 1.35. The molecule has 1 aliphatic heterocycles. The van der Waals surface area contributed by atoms with Crippen molar-refractivity contribution in [3.8, 4) is 0 Å². The first-order valence-corrected chi connectivity index (χ1v) is 9.77. The highest BCUT2D eigenvalue weighted by atomic mass is 35.5. The van der Waals surface area contributed by atoms with Gasteiger partial charge in [-0.2, -0.15) is 0 Å². The number of carbonyl (C=O) groups is 2. The quantitative estimate of drug-likeness (QED) is 0.725. The second-order valence-corrected chi connectivity index (χ2v) is 7.42. The minimum Gasteiger partial charge on any atom is -0.375 e. The van der Waals surface area contributed by atoms with Crippen molar-refractivity contribution in [3.63, 3.8) is 0 Å². The molecule has 0 radical (unpaired) electrons. The number of nitrogens with zero attached hydrogens (tertiary/aromatic N) is 1. The Morgan fingerprint density at radius 1 is 1.00 bits per heavy atom. The zero-order valence-corrected chi connectivity index (χ0v) is 16.6. The standard InChI is InChI=1S/C20H20Cl2FN3O2/c21-14-5-7-16(23)18(11-14)25-19(27)12-24-17-10-13(4-6-15(17)22)20(28)26-8-2-1-3-9-26/h4-7,10-11,24H,1-3,8-9,12H2,(H,25,27). The van der Waals surface area contributed by atoms with Crippen LogP contribution in [0.4, 0.5) is 15.8 Å². The van der Waals surface area contributed by atoms with E-state index in [4.69, 9.17) is 23.2 Å². The Morgan fingerprint density at radius 3 is 2.50 bits per heavy atom. The van der Waals surface area contributed by atoms with Crippen LogP contribution in [0.5, 0.6) is 0 Å².